The maximum Gasteiger partial charge on any atom is 0.0521 e. The highest BCUT2D eigenvalue weighted by atomic mass is 32.1. The number of aryl methyl sites for hydroxylation is 2. The van der Waals surface area contributed by atoms with Gasteiger partial charge in [0, 0.05) is 28.9 Å². The fourth-order valence-electron chi connectivity index (χ4n) is 2.51. The van der Waals surface area contributed by atoms with Crippen molar-refractivity contribution in [3.63, 3.8) is 0 Å². The molecule has 0 spiro atoms. The molecule has 4 heteroatoms. The molecule has 0 radical (unpaired) electrons. The van der Waals surface area contributed by atoms with Gasteiger partial charge in [-0.2, -0.15) is 5.10 Å². The fraction of sp³-hybridized carbons (Fsp3) is 0.312. The minimum atomic E-state index is 0.410. The van der Waals surface area contributed by atoms with Crippen LogP contribution < -0.4 is 5.32 Å². The third-order valence-electron chi connectivity index (χ3n) is 3.62. The van der Waals surface area contributed by atoms with E-state index in [0.717, 1.165) is 12.8 Å². The van der Waals surface area contributed by atoms with Crippen LogP contribution in [0.2, 0.25) is 0 Å². The van der Waals surface area contributed by atoms with Gasteiger partial charge in [0.1, 0.15) is 0 Å². The van der Waals surface area contributed by atoms with Crippen molar-refractivity contribution < 1.29 is 0 Å². The Bertz CT molecular complexity index is 665. The van der Waals surface area contributed by atoms with E-state index in [4.69, 9.17) is 0 Å². The lowest BCUT2D eigenvalue weighted by molar-refractivity contribution is 0.558. The zero-order valence-electron chi connectivity index (χ0n) is 11.8. The lowest BCUT2D eigenvalue weighted by Crippen LogP contribution is -2.15. The van der Waals surface area contributed by atoms with Gasteiger partial charge < -0.3 is 5.32 Å². The normalized spacial score (nSPS) is 12.9. The molecule has 3 nitrogen and oxygen atoms in total. The summed E-state index contributed by atoms with van der Waals surface area (Å²) >= 11 is 1.89. The first-order valence-corrected chi connectivity index (χ1v) is 7.71. The second kappa shape index (κ2) is 5.77. The number of hydrogen-bond donors (Lipinski definition) is 1. The molecule has 0 fully saturated rings. The van der Waals surface area contributed by atoms with Crippen molar-refractivity contribution in [3.05, 3.63) is 53.2 Å². The summed E-state index contributed by atoms with van der Waals surface area (Å²) in [5, 5.41) is 9.01. The predicted molar refractivity (Wildman–Crippen MR) is 85.2 cm³/mol. The van der Waals surface area contributed by atoms with E-state index in [1.165, 1.54) is 20.5 Å². The second-order valence-corrected chi connectivity index (χ2v) is 6.20. The van der Waals surface area contributed by atoms with Gasteiger partial charge in [0.2, 0.25) is 0 Å². The van der Waals surface area contributed by atoms with E-state index in [2.05, 4.69) is 46.9 Å². The summed E-state index contributed by atoms with van der Waals surface area (Å²) in [4.78, 5) is 1.41. The topological polar surface area (TPSA) is 29.9 Å². The van der Waals surface area contributed by atoms with Gasteiger partial charge in [-0.1, -0.05) is 18.2 Å². The SMILES string of the molecule is CNC(CCc1cnn(C)c1)c1cc2ccccc2s1. The first kappa shape index (κ1) is 13.3. The van der Waals surface area contributed by atoms with Crippen LogP contribution in [0.5, 0.6) is 0 Å². The molecule has 20 heavy (non-hydrogen) atoms. The van der Waals surface area contributed by atoms with Crippen LogP contribution in [0, 0.1) is 0 Å². The van der Waals surface area contributed by atoms with Gasteiger partial charge in [-0.15, -0.1) is 11.3 Å². The van der Waals surface area contributed by atoms with E-state index in [1.54, 1.807) is 0 Å². The molecule has 0 saturated carbocycles. The van der Waals surface area contributed by atoms with Crippen LogP contribution in [-0.2, 0) is 13.5 Å². The van der Waals surface area contributed by atoms with Crippen LogP contribution in [-0.4, -0.2) is 16.8 Å². The summed E-state index contributed by atoms with van der Waals surface area (Å²) in [5.41, 5.74) is 1.30. The monoisotopic (exact) mass is 285 g/mol. The van der Waals surface area contributed by atoms with Gasteiger partial charge in [0.25, 0.3) is 0 Å². The molecule has 1 aromatic carbocycles. The Hall–Kier alpha value is -1.65. The molecule has 104 valence electrons. The van der Waals surface area contributed by atoms with Crippen molar-refractivity contribution in [2.45, 2.75) is 18.9 Å². The maximum absolute atomic E-state index is 4.23. The van der Waals surface area contributed by atoms with Crippen LogP contribution in [0.25, 0.3) is 10.1 Å². The highest BCUT2D eigenvalue weighted by Gasteiger charge is 2.13. The summed E-state index contributed by atoms with van der Waals surface area (Å²) in [6.07, 6.45) is 6.19. The van der Waals surface area contributed by atoms with Gasteiger partial charge in [0.15, 0.2) is 0 Å². The molecular weight excluding hydrogens is 266 g/mol. The van der Waals surface area contributed by atoms with E-state index in [1.807, 2.05) is 36.3 Å². The number of fused-ring (bicyclic) bond motifs is 1. The van der Waals surface area contributed by atoms with Gasteiger partial charge in [-0.05, 0) is 43.0 Å². The van der Waals surface area contributed by atoms with Crippen molar-refractivity contribution in [1.29, 1.82) is 0 Å². The molecule has 2 heterocycles. The Morgan fingerprint density at radius 2 is 2.20 bits per heavy atom. The number of rotatable bonds is 5. The number of aromatic nitrogens is 2. The largest absolute Gasteiger partial charge is 0.312 e. The van der Waals surface area contributed by atoms with Crippen molar-refractivity contribution in [3.8, 4) is 0 Å². The minimum Gasteiger partial charge on any atom is -0.312 e. The summed E-state index contributed by atoms with van der Waals surface area (Å²) in [7, 11) is 4.00. The number of nitrogens with zero attached hydrogens (tertiary/aromatic N) is 2. The second-order valence-electron chi connectivity index (χ2n) is 5.09. The molecule has 3 aromatic rings. The number of hydrogen-bond acceptors (Lipinski definition) is 3. The Kier molecular flexibility index (Phi) is 3.85. The highest BCUT2D eigenvalue weighted by Crippen LogP contribution is 2.31. The molecule has 1 N–H and O–H groups in total. The van der Waals surface area contributed by atoms with Crippen molar-refractivity contribution in [1.82, 2.24) is 15.1 Å². The summed E-state index contributed by atoms with van der Waals surface area (Å²) in [6.45, 7) is 0. The predicted octanol–water partition coefficient (Wildman–Crippen LogP) is 3.53. The number of thiophene rings is 1. The van der Waals surface area contributed by atoms with Crippen LogP contribution in [0.3, 0.4) is 0 Å². The molecule has 3 rings (SSSR count). The summed E-state index contributed by atoms with van der Waals surface area (Å²) < 4.78 is 3.23. The molecule has 0 amide bonds. The van der Waals surface area contributed by atoms with Crippen molar-refractivity contribution in [2.24, 2.45) is 7.05 Å². The third kappa shape index (κ3) is 2.76. The van der Waals surface area contributed by atoms with Gasteiger partial charge >= 0.3 is 0 Å². The smallest absolute Gasteiger partial charge is 0.0521 e. The van der Waals surface area contributed by atoms with Crippen LogP contribution in [0.15, 0.2) is 42.7 Å². The van der Waals surface area contributed by atoms with Crippen LogP contribution >= 0.6 is 11.3 Å². The van der Waals surface area contributed by atoms with Crippen molar-refractivity contribution >= 4 is 21.4 Å². The average Bonchev–Trinajstić information content (AvgIpc) is 3.05. The molecule has 1 unspecified atom stereocenters. The van der Waals surface area contributed by atoms with E-state index in [9.17, 15) is 0 Å². The maximum atomic E-state index is 4.23. The Labute approximate surface area is 123 Å². The number of benzene rings is 1. The molecule has 1 atom stereocenters. The zero-order chi connectivity index (χ0) is 13.9. The van der Waals surface area contributed by atoms with Gasteiger partial charge in [-0.25, -0.2) is 0 Å². The van der Waals surface area contributed by atoms with Gasteiger partial charge in [-0.3, -0.25) is 4.68 Å². The van der Waals surface area contributed by atoms with E-state index < -0.39 is 0 Å². The first-order valence-electron chi connectivity index (χ1n) is 6.89. The minimum absolute atomic E-state index is 0.410. The fourth-order valence-corrected chi connectivity index (χ4v) is 3.72. The lowest BCUT2D eigenvalue weighted by Gasteiger charge is -2.13. The molecule has 0 aliphatic heterocycles. The van der Waals surface area contributed by atoms with E-state index in [0.29, 0.717) is 6.04 Å². The van der Waals surface area contributed by atoms with E-state index >= 15 is 0 Å². The van der Waals surface area contributed by atoms with Crippen LogP contribution in [0.1, 0.15) is 22.9 Å². The molecule has 2 aromatic heterocycles. The van der Waals surface area contributed by atoms with E-state index in [-0.39, 0.29) is 0 Å². The highest BCUT2D eigenvalue weighted by molar-refractivity contribution is 7.19. The van der Waals surface area contributed by atoms with Crippen LogP contribution in [0.4, 0.5) is 0 Å². The molecular formula is C16H19N3S. The average molecular weight is 285 g/mol. The Morgan fingerprint density at radius 1 is 1.35 bits per heavy atom. The van der Waals surface area contributed by atoms with Gasteiger partial charge in [0.05, 0.1) is 6.20 Å². The summed E-state index contributed by atoms with van der Waals surface area (Å²) in [6, 6.07) is 11.3. The first-order chi connectivity index (χ1) is 9.76. The Balaban J connectivity index is 1.75. The summed E-state index contributed by atoms with van der Waals surface area (Å²) in [5.74, 6) is 0. The Morgan fingerprint density at radius 3 is 2.90 bits per heavy atom. The molecule has 0 aliphatic rings. The lowest BCUT2D eigenvalue weighted by atomic mass is 10.1. The molecule has 0 saturated heterocycles. The zero-order valence-corrected chi connectivity index (χ0v) is 12.7. The standard InChI is InChI=1S/C16H19N3S/c1-17-14(8-7-12-10-18-19(2)11-12)16-9-13-5-3-4-6-15(13)20-16/h3-6,9-11,14,17H,7-8H2,1-2H3. The third-order valence-corrected chi connectivity index (χ3v) is 4.85. The molecule has 0 aliphatic carbocycles. The quantitative estimate of drug-likeness (QED) is 0.777. The number of nitrogens with one attached hydrogen (secondary N) is 1. The van der Waals surface area contributed by atoms with Crippen molar-refractivity contribution in [2.75, 3.05) is 7.05 Å². The molecule has 0 bridgehead atoms.